The Balaban J connectivity index is 2.00. The Hall–Kier alpha value is -0.920. The highest BCUT2D eigenvalue weighted by Crippen LogP contribution is 2.19. The molecule has 0 amide bonds. The van der Waals surface area contributed by atoms with Crippen molar-refractivity contribution in [2.45, 2.75) is 19.4 Å². The summed E-state index contributed by atoms with van der Waals surface area (Å²) < 4.78 is 7.01. The van der Waals surface area contributed by atoms with Crippen LogP contribution in [0.1, 0.15) is 12.8 Å². The first-order valence-electron chi connectivity index (χ1n) is 6.40. The van der Waals surface area contributed by atoms with E-state index in [4.69, 9.17) is 9.84 Å². The average Bonchev–Trinajstić information content (AvgIpc) is 2.44. The molecule has 0 unspecified atom stereocenters. The van der Waals surface area contributed by atoms with E-state index in [0.29, 0.717) is 16.1 Å². The first kappa shape index (κ1) is 14.5. The molecule has 1 aromatic rings. The Labute approximate surface area is 119 Å². The van der Waals surface area contributed by atoms with Crippen LogP contribution in [0.5, 0.6) is 0 Å². The predicted molar refractivity (Wildman–Crippen MR) is 75.3 cm³/mol. The first-order valence-corrected chi connectivity index (χ1v) is 7.19. The number of nitrogens with zero attached hydrogens (tertiary/aromatic N) is 2. The van der Waals surface area contributed by atoms with E-state index in [1.807, 2.05) is 0 Å². The highest BCUT2D eigenvalue weighted by molar-refractivity contribution is 9.10. The van der Waals surface area contributed by atoms with Gasteiger partial charge in [0.15, 0.2) is 0 Å². The van der Waals surface area contributed by atoms with Crippen molar-refractivity contribution in [3.63, 3.8) is 0 Å². The number of hydrogen-bond donors (Lipinski definition) is 2. The fourth-order valence-corrected chi connectivity index (χ4v) is 2.49. The zero-order valence-corrected chi connectivity index (χ0v) is 12.2. The molecule has 1 saturated heterocycles. The van der Waals surface area contributed by atoms with Crippen LogP contribution in [0.2, 0.25) is 0 Å². The lowest BCUT2D eigenvalue weighted by atomic mass is 10.0. The summed E-state index contributed by atoms with van der Waals surface area (Å²) in [6.07, 6.45) is 3.69. The minimum absolute atomic E-state index is 0.103. The van der Waals surface area contributed by atoms with Crippen LogP contribution in [0.4, 0.5) is 5.69 Å². The molecule has 1 fully saturated rings. The minimum Gasteiger partial charge on any atom is -0.394 e. The number of aromatic nitrogens is 2. The van der Waals surface area contributed by atoms with Gasteiger partial charge < -0.3 is 15.2 Å². The van der Waals surface area contributed by atoms with Gasteiger partial charge in [0.05, 0.1) is 25.0 Å². The van der Waals surface area contributed by atoms with Gasteiger partial charge in [-0.3, -0.25) is 4.79 Å². The van der Waals surface area contributed by atoms with E-state index in [1.165, 1.54) is 4.68 Å². The van der Waals surface area contributed by atoms with E-state index >= 15 is 0 Å². The quantitative estimate of drug-likeness (QED) is 0.836. The third kappa shape index (κ3) is 3.77. The Morgan fingerprint density at radius 1 is 1.53 bits per heavy atom. The number of aliphatic hydroxyl groups is 1. The number of rotatable bonds is 5. The van der Waals surface area contributed by atoms with Crippen molar-refractivity contribution >= 4 is 21.6 Å². The van der Waals surface area contributed by atoms with Gasteiger partial charge in [0.25, 0.3) is 5.56 Å². The van der Waals surface area contributed by atoms with E-state index in [-0.39, 0.29) is 18.7 Å². The zero-order valence-electron chi connectivity index (χ0n) is 10.6. The number of halogens is 1. The summed E-state index contributed by atoms with van der Waals surface area (Å²) >= 11 is 3.28. The molecule has 1 aliphatic heterocycles. The number of ether oxygens (including phenoxy) is 1. The van der Waals surface area contributed by atoms with Crippen LogP contribution in [0, 0.1) is 5.92 Å². The lowest BCUT2D eigenvalue weighted by Gasteiger charge is -2.22. The summed E-state index contributed by atoms with van der Waals surface area (Å²) in [6.45, 7) is 2.53. The van der Waals surface area contributed by atoms with Gasteiger partial charge in [-0.25, -0.2) is 4.68 Å². The topological polar surface area (TPSA) is 76.4 Å². The molecule has 0 spiro atoms. The van der Waals surface area contributed by atoms with Gasteiger partial charge in [-0.2, -0.15) is 5.10 Å². The maximum Gasteiger partial charge on any atom is 0.283 e. The van der Waals surface area contributed by atoms with Crippen molar-refractivity contribution < 1.29 is 9.84 Å². The highest BCUT2D eigenvalue weighted by atomic mass is 79.9. The van der Waals surface area contributed by atoms with Crippen molar-refractivity contribution in [2.75, 3.05) is 31.7 Å². The molecule has 6 nitrogen and oxygen atoms in total. The summed E-state index contributed by atoms with van der Waals surface area (Å²) in [5.74, 6) is 0.570. The third-order valence-corrected chi connectivity index (χ3v) is 3.99. The standard InChI is InChI=1S/C12H18BrN3O3/c13-11-10(8-15-16(3-4-17)12(11)18)14-7-9-1-5-19-6-2-9/h8-9,14,17H,1-7H2. The molecule has 0 atom stereocenters. The van der Waals surface area contributed by atoms with Gasteiger partial charge in [0.2, 0.25) is 0 Å². The summed E-state index contributed by atoms with van der Waals surface area (Å²) in [6, 6.07) is 0. The number of nitrogens with one attached hydrogen (secondary N) is 1. The molecule has 0 saturated carbocycles. The zero-order chi connectivity index (χ0) is 13.7. The predicted octanol–water partition coefficient (Wildman–Crippen LogP) is 0.837. The molecular weight excluding hydrogens is 314 g/mol. The second-order valence-corrected chi connectivity index (χ2v) is 5.35. The van der Waals surface area contributed by atoms with Gasteiger partial charge in [0.1, 0.15) is 4.47 Å². The van der Waals surface area contributed by atoms with Gasteiger partial charge in [-0.15, -0.1) is 0 Å². The maximum absolute atomic E-state index is 11.9. The van der Waals surface area contributed by atoms with E-state index in [2.05, 4.69) is 26.3 Å². The second kappa shape index (κ2) is 7.02. The van der Waals surface area contributed by atoms with Gasteiger partial charge in [-0.1, -0.05) is 0 Å². The smallest absolute Gasteiger partial charge is 0.283 e. The molecule has 2 N–H and O–H groups in total. The summed E-state index contributed by atoms with van der Waals surface area (Å²) in [7, 11) is 0. The van der Waals surface area contributed by atoms with Crippen molar-refractivity contribution in [2.24, 2.45) is 5.92 Å². The summed E-state index contributed by atoms with van der Waals surface area (Å²) in [5.41, 5.74) is 0.469. The minimum atomic E-state index is -0.231. The fourth-order valence-electron chi connectivity index (χ4n) is 2.05. The van der Waals surface area contributed by atoms with Crippen LogP contribution in [0.25, 0.3) is 0 Å². The molecule has 0 bridgehead atoms. The van der Waals surface area contributed by atoms with Gasteiger partial charge in [-0.05, 0) is 34.7 Å². The van der Waals surface area contributed by atoms with Crippen molar-refractivity contribution in [1.29, 1.82) is 0 Å². The van der Waals surface area contributed by atoms with Crippen LogP contribution in [-0.4, -0.2) is 41.3 Å². The molecule has 1 aliphatic rings. The Kier molecular flexibility index (Phi) is 5.35. The molecule has 1 aromatic heterocycles. The SMILES string of the molecule is O=c1c(Br)c(NCC2CCOCC2)cnn1CCO. The maximum atomic E-state index is 11.9. The Morgan fingerprint density at radius 2 is 2.26 bits per heavy atom. The highest BCUT2D eigenvalue weighted by Gasteiger charge is 2.15. The van der Waals surface area contributed by atoms with E-state index in [0.717, 1.165) is 32.6 Å². The average molecular weight is 332 g/mol. The summed E-state index contributed by atoms with van der Waals surface area (Å²) in [5, 5.41) is 16.1. The van der Waals surface area contributed by atoms with Crippen LogP contribution in [0.15, 0.2) is 15.5 Å². The number of anilines is 1. The summed E-state index contributed by atoms with van der Waals surface area (Å²) in [4.78, 5) is 11.9. The number of aliphatic hydroxyl groups excluding tert-OH is 1. The lowest BCUT2D eigenvalue weighted by molar-refractivity contribution is 0.0699. The molecular formula is C12H18BrN3O3. The van der Waals surface area contributed by atoms with Gasteiger partial charge in [0, 0.05) is 19.8 Å². The Morgan fingerprint density at radius 3 is 2.95 bits per heavy atom. The molecule has 2 rings (SSSR count). The van der Waals surface area contributed by atoms with Crippen LogP contribution < -0.4 is 10.9 Å². The molecule has 7 heteroatoms. The largest absolute Gasteiger partial charge is 0.394 e. The first-order chi connectivity index (χ1) is 9.22. The van der Waals surface area contributed by atoms with Crippen LogP contribution in [0.3, 0.4) is 0 Å². The van der Waals surface area contributed by atoms with Crippen molar-refractivity contribution in [1.82, 2.24) is 9.78 Å². The van der Waals surface area contributed by atoms with Gasteiger partial charge >= 0.3 is 0 Å². The second-order valence-electron chi connectivity index (χ2n) is 4.56. The van der Waals surface area contributed by atoms with E-state index in [1.54, 1.807) is 6.20 Å². The number of hydrogen-bond acceptors (Lipinski definition) is 5. The molecule has 2 heterocycles. The molecule has 106 valence electrons. The normalized spacial score (nSPS) is 16.5. The van der Waals surface area contributed by atoms with Crippen LogP contribution in [-0.2, 0) is 11.3 Å². The molecule has 0 aromatic carbocycles. The van der Waals surface area contributed by atoms with Crippen molar-refractivity contribution in [3.8, 4) is 0 Å². The Bertz CT molecular complexity index is 472. The third-order valence-electron chi connectivity index (χ3n) is 3.22. The van der Waals surface area contributed by atoms with Crippen molar-refractivity contribution in [3.05, 3.63) is 21.0 Å². The van der Waals surface area contributed by atoms with E-state index < -0.39 is 0 Å². The fraction of sp³-hybridized carbons (Fsp3) is 0.667. The van der Waals surface area contributed by atoms with E-state index in [9.17, 15) is 4.79 Å². The van der Waals surface area contributed by atoms with Crippen LogP contribution >= 0.6 is 15.9 Å². The lowest BCUT2D eigenvalue weighted by Crippen LogP contribution is -2.27. The molecule has 19 heavy (non-hydrogen) atoms. The monoisotopic (exact) mass is 331 g/mol. The molecule has 0 radical (unpaired) electrons. The molecule has 0 aliphatic carbocycles.